The molecule has 0 aliphatic carbocycles. The Morgan fingerprint density at radius 3 is 3.00 bits per heavy atom. The minimum absolute atomic E-state index is 0.00168. The molecule has 17 heavy (non-hydrogen) atoms. The molecule has 0 aromatic heterocycles. The Hall–Kier alpha value is -0.650. The Bertz CT molecular complexity index is 236. The van der Waals surface area contributed by atoms with Gasteiger partial charge in [0.1, 0.15) is 0 Å². The van der Waals surface area contributed by atoms with Gasteiger partial charge in [-0.25, -0.2) is 0 Å². The second-order valence-corrected chi connectivity index (χ2v) is 4.69. The van der Waals surface area contributed by atoms with E-state index in [1.807, 2.05) is 7.05 Å². The highest BCUT2D eigenvalue weighted by atomic mass is 16.3. The molecule has 2 N–H and O–H groups in total. The van der Waals surface area contributed by atoms with Crippen LogP contribution in [-0.2, 0) is 4.79 Å². The summed E-state index contributed by atoms with van der Waals surface area (Å²) in [7, 11) is 1.98. The molecule has 1 amide bonds. The summed E-state index contributed by atoms with van der Waals surface area (Å²) in [5.41, 5.74) is 0. The van der Waals surface area contributed by atoms with Crippen LogP contribution in [-0.4, -0.2) is 73.2 Å². The highest BCUT2D eigenvalue weighted by molar-refractivity contribution is 5.77. The molecule has 5 nitrogen and oxygen atoms in total. The molecule has 5 heteroatoms. The van der Waals surface area contributed by atoms with E-state index in [1.165, 1.54) is 19.4 Å². The number of nitrogens with one attached hydrogen (secondary N) is 1. The van der Waals surface area contributed by atoms with Gasteiger partial charge >= 0.3 is 0 Å². The van der Waals surface area contributed by atoms with E-state index in [0.29, 0.717) is 19.1 Å². The van der Waals surface area contributed by atoms with Crippen molar-refractivity contribution in [2.75, 3.05) is 46.4 Å². The van der Waals surface area contributed by atoms with Gasteiger partial charge in [-0.15, -0.1) is 0 Å². The quantitative estimate of drug-likeness (QED) is 0.633. The first-order chi connectivity index (χ1) is 8.17. The van der Waals surface area contributed by atoms with E-state index < -0.39 is 0 Å². The van der Waals surface area contributed by atoms with Gasteiger partial charge in [0.05, 0.1) is 13.2 Å². The molecular formula is C12H25N3O2. The van der Waals surface area contributed by atoms with Crippen molar-refractivity contribution in [3.05, 3.63) is 0 Å². The number of carbonyl (C=O) groups excluding carboxylic acids is 1. The largest absolute Gasteiger partial charge is 0.395 e. The Balaban J connectivity index is 2.24. The molecule has 1 fully saturated rings. The average Bonchev–Trinajstić information content (AvgIpc) is 2.73. The molecule has 100 valence electrons. The predicted molar refractivity (Wildman–Crippen MR) is 67.9 cm³/mol. The van der Waals surface area contributed by atoms with E-state index >= 15 is 0 Å². The van der Waals surface area contributed by atoms with E-state index in [1.54, 1.807) is 0 Å². The number of amides is 1. The van der Waals surface area contributed by atoms with Gasteiger partial charge < -0.3 is 10.4 Å². The average molecular weight is 243 g/mol. The van der Waals surface area contributed by atoms with Crippen LogP contribution in [0.15, 0.2) is 0 Å². The summed E-state index contributed by atoms with van der Waals surface area (Å²) in [6.07, 6.45) is 2.50. The van der Waals surface area contributed by atoms with Gasteiger partial charge in [0.25, 0.3) is 0 Å². The number of aliphatic hydroxyl groups excluding tert-OH is 1. The number of hydrogen-bond donors (Lipinski definition) is 2. The SMILES string of the molecule is CCN1CCCC1CN(C)CC(=O)NCCO. The van der Waals surface area contributed by atoms with Gasteiger partial charge in [-0.1, -0.05) is 6.92 Å². The lowest BCUT2D eigenvalue weighted by molar-refractivity contribution is -0.122. The highest BCUT2D eigenvalue weighted by Crippen LogP contribution is 2.16. The number of likely N-dealkylation sites (tertiary alicyclic amines) is 1. The smallest absolute Gasteiger partial charge is 0.234 e. The number of hydrogen-bond acceptors (Lipinski definition) is 4. The predicted octanol–water partition coefficient (Wildman–Crippen LogP) is -0.489. The summed E-state index contributed by atoms with van der Waals surface area (Å²) >= 11 is 0. The molecule has 1 rings (SSSR count). The van der Waals surface area contributed by atoms with E-state index in [-0.39, 0.29) is 12.5 Å². The van der Waals surface area contributed by atoms with Crippen LogP contribution < -0.4 is 5.32 Å². The molecule has 0 bridgehead atoms. The van der Waals surface area contributed by atoms with Crippen LogP contribution in [0.3, 0.4) is 0 Å². The zero-order valence-corrected chi connectivity index (χ0v) is 11.0. The fraction of sp³-hybridized carbons (Fsp3) is 0.917. The number of likely N-dealkylation sites (N-methyl/N-ethyl adjacent to an activating group) is 2. The second kappa shape index (κ2) is 7.63. The van der Waals surface area contributed by atoms with Crippen LogP contribution in [0.25, 0.3) is 0 Å². The van der Waals surface area contributed by atoms with Crippen LogP contribution in [0.1, 0.15) is 19.8 Å². The molecule has 1 unspecified atom stereocenters. The van der Waals surface area contributed by atoms with E-state index in [2.05, 4.69) is 22.0 Å². The van der Waals surface area contributed by atoms with Crippen molar-refractivity contribution in [3.63, 3.8) is 0 Å². The van der Waals surface area contributed by atoms with Gasteiger partial charge in [-0.05, 0) is 33.0 Å². The lowest BCUT2D eigenvalue weighted by Crippen LogP contribution is -2.43. The highest BCUT2D eigenvalue weighted by Gasteiger charge is 2.24. The minimum Gasteiger partial charge on any atom is -0.395 e. The molecule has 1 aliphatic rings. The summed E-state index contributed by atoms with van der Waals surface area (Å²) in [6.45, 7) is 6.17. The monoisotopic (exact) mass is 243 g/mol. The van der Waals surface area contributed by atoms with Gasteiger partial charge in [-0.2, -0.15) is 0 Å². The molecule has 0 radical (unpaired) electrons. The Labute approximate surface area is 104 Å². The molecule has 1 heterocycles. The zero-order valence-electron chi connectivity index (χ0n) is 11.0. The molecule has 1 saturated heterocycles. The first-order valence-electron chi connectivity index (χ1n) is 6.47. The number of nitrogens with zero attached hydrogens (tertiary/aromatic N) is 2. The van der Waals surface area contributed by atoms with Crippen molar-refractivity contribution in [1.82, 2.24) is 15.1 Å². The van der Waals surface area contributed by atoms with Crippen molar-refractivity contribution in [2.24, 2.45) is 0 Å². The van der Waals surface area contributed by atoms with E-state index in [9.17, 15) is 4.79 Å². The van der Waals surface area contributed by atoms with Gasteiger partial charge in [0, 0.05) is 19.1 Å². The summed E-state index contributed by atoms with van der Waals surface area (Å²) < 4.78 is 0. The van der Waals surface area contributed by atoms with E-state index in [4.69, 9.17) is 5.11 Å². The Morgan fingerprint density at radius 2 is 2.35 bits per heavy atom. The minimum atomic E-state index is -0.0115. The van der Waals surface area contributed by atoms with Crippen molar-refractivity contribution in [3.8, 4) is 0 Å². The van der Waals surface area contributed by atoms with Crippen LogP contribution >= 0.6 is 0 Å². The summed E-state index contributed by atoms with van der Waals surface area (Å²) in [5, 5.41) is 11.3. The number of carbonyl (C=O) groups is 1. The van der Waals surface area contributed by atoms with Crippen molar-refractivity contribution >= 4 is 5.91 Å². The Kier molecular flexibility index (Phi) is 6.47. The van der Waals surface area contributed by atoms with Crippen LogP contribution in [0.5, 0.6) is 0 Å². The summed E-state index contributed by atoms with van der Waals surface area (Å²) in [4.78, 5) is 16.0. The molecule has 1 aliphatic heterocycles. The summed E-state index contributed by atoms with van der Waals surface area (Å²) in [5.74, 6) is -0.0115. The third kappa shape index (κ3) is 5.02. The standard InChI is InChI=1S/C12H25N3O2/c1-3-15-7-4-5-11(15)9-14(2)10-12(17)13-6-8-16/h11,16H,3-10H2,1-2H3,(H,13,17). The topological polar surface area (TPSA) is 55.8 Å². The molecule has 0 aromatic rings. The van der Waals surface area contributed by atoms with E-state index in [0.717, 1.165) is 13.1 Å². The number of rotatable bonds is 7. The van der Waals surface area contributed by atoms with Crippen LogP contribution in [0.2, 0.25) is 0 Å². The maximum Gasteiger partial charge on any atom is 0.234 e. The van der Waals surface area contributed by atoms with Gasteiger partial charge in [0.15, 0.2) is 0 Å². The maximum atomic E-state index is 11.5. The first kappa shape index (κ1) is 14.4. The van der Waals surface area contributed by atoms with Crippen LogP contribution in [0.4, 0.5) is 0 Å². The molecule has 0 spiro atoms. The lowest BCUT2D eigenvalue weighted by Gasteiger charge is -2.27. The lowest BCUT2D eigenvalue weighted by atomic mass is 10.2. The molecule has 0 aromatic carbocycles. The van der Waals surface area contributed by atoms with Crippen LogP contribution in [0, 0.1) is 0 Å². The van der Waals surface area contributed by atoms with Crippen molar-refractivity contribution in [2.45, 2.75) is 25.8 Å². The fourth-order valence-electron chi connectivity index (χ4n) is 2.44. The van der Waals surface area contributed by atoms with Gasteiger partial charge in [-0.3, -0.25) is 14.6 Å². The first-order valence-corrected chi connectivity index (χ1v) is 6.47. The normalized spacial score (nSPS) is 21.1. The maximum absolute atomic E-state index is 11.5. The van der Waals surface area contributed by atoms with Crippen molar-refractivity contribution < 1.29 is 9.90 Å². The molecule has 0 saturated carbocycles. The third-order valence-corrected chi connectivity index (χ3v) is 3.28. The summed E-state index contributed by atoms with van der Waals surface area (Å²) in [6, 6.07) is 0.593. The van der Waals surface area contributed by atoms with Gasteiger partial charge in [0.2, 0.25) is 5.91 Å². The second-order valence-electron chi connectivity index (χ2n) is 4.69. The third-order valence-electron chi connectivity index (χ3n) is 3.28. The number of aliphatic hydroxyl groups is 1. The van der Waals surface area contributed by atoms with Crippen molar-refractivity contribution in [1.29, 1.82) is 0 Å². The molecular weight excluding hydrogens is 218 g/mol. The fourth-order valence-corrected chi connectivity index (χ4v) is 2.44. The Morgan fingerprint density at radius 1 is 1.59 bits per heavy atom. The molecule has 1 atom stereocenters. The zero-order chi connectivity index (χ0) is 12.7.